The number of nitrogens with one attached hydrogen (secondary N) is 1. The molecular weight excluding hydrogens is 192 g/mol. The number of amides is 1. The van der Waals surface area contributed by atoms with Gasteiger partial charge in [0.15, 0.2) is 0 Å². The standard InChI is InChI=1S/C11H14N2O2/c1-7(2)6-13-11(15)8-3-4-9(12)10(14)5-8/h3-5,14H,1,6,12H2,2H3,(H,13,15). The molecule has 0 aromatic heterocycles. The van der Waals surface area contributed by atoms with Crippen LogP contribution >= 0.6 is 0 Å². The van der Waals surface area contributed by atoms with E-state index >= 15 is 0 Å². The summed E-state index contributed by atoms with van der Waals surface area (Å²) >= 11 is 0. The fourth-order valence-corrected chi connectivity index (χ4v) is 1.02. The van der Waals surface area contributed by atoms with Crippen LogP contribution in [0, 0.1) is 0 Å². The number of benzene rings is 1. The number of hydrogen-bond acceptors (Lipinski definition) is 3. The SMILES string of the molecule is C=C(C)CNC(=O)c1ccc(N)c(O)c1. The fraction of sp³-hybridized carbons (Fsp3) is 0.182. The van der Waals surface area contributed by atoms with E-state index in [1.807, 2.05) is 6.92 Å². The summed E-state index contributed by atoms with van der Waals surface area (Å²) < 4.78 is 0. The molecule has 4 heteroatoms. The van der Waals surface area contributed by atoms with E-state index in [0.29, 0.717) is 12.1 Å². The molecule has 1 aromatic rings. The van der Waals surface area contributed by atoms with Gasteiger partial charge in [0.1, 0.15) is 5.75 Å². The third-order valence-electron chi connectivity index (χ3n) is 1.84. The number of aromatic hydroxyl groups is 1. The van der Waals surface area contributed by atoms with Crippen LogP contribution in [0.1, 0.15) is 17.3 Å². The van der Waals surface area contributed by atoms with Crippen molar-refractivity contribution in [3.63, 3.8) is 0 Å². The molecule has 0 saturated heterocycles. The van der Waals surface area contributed by atoms with Gasteiger partial charge in [-0.2, -0.15) is 0 Å². The lowest BCUT2D eigenvalue weighted by molar-refractivity contribution is 0.0956. The van der Waals surface area contributed by atoms with E-state index in [9.17, 15) is 9.90 Å². The Morgan fingerprint density at radius 1 is 1.60 bits per heavy atom. The molecule has 15 heavy (non-hydrogen) atoms. The van der Waals surface area contributed by atoms with Crippen LogP contribution in [0.3, 0.4) is 0 Å². The number of nitrogen functional groups attached to an aromatic ring is 1. The molecule has 1 aromatic carbocycles. The molecule has 4 nitrogen and oxygen atoms in total. The minimum atomic E-state index is -0.256. The molecule has 4 N–H and O–H groups in total. The van der Waals surface area contributed by atoms with Crippen LogP contribution in [0.4, 0.5) is 5.69 Å². The molecular formula is C11H14N2O2. The summed E-state index contributed by atoms with van der Waals surface area (Å²) in [5.74, 6) is -0.341. The lowest BCUT2D eigenvalue weighted by Gasteiger charge is -2.05. The van der Waals surface area contributed by atoms with E-state index in [-0.39, 0.29) is 17.3 Å². The summed E-state index contributed by atoms with van der Waals surface area (Å²) in [7, 11) is 0. The first-order valence-electron chi connectivity index (χ1n) is 4.52. The summed E-state index contributed by atoms with van der Waals surface area (Å²) in [5.41, 5.74) is 6.91. The van der Waals surface area contributed by atoms with Crippen LogP contribution in [0.5, 0.6) is 5.75 Å². The van der Waals surface area contributed by atoms with Crippen LogP contribution in [0.2, 0.25) is 0 Å². The van der Waals surface area contributed by atoms with Crippen LogP contribution in [-0.4, -0.2) is 17.6 Å². The highest BCUT2D eigenvalue weighted by atomic mass is 16.3. The predicted octanol–water partition coefficient (Wildman–Crippen LogP) is 1.28. The summed E-state index contributed by atoms with van der Waals surface area (Å²) in [6.07, 6.45) is 0. The van der Waals surface area contributed by atoms with Crippen molar-refractivity contribution in [1.82, 2.24) is 5.32 Å². The van der Waals surface area contributed by atoms with Gasteiger partial charge < -0.3 is 16.2 Å². The summed E-state index contributed by atoms with van der Waals surface area (Å²) in [5, 5.41) is 12.0. The van der Waals surface area contributed by atoms with Crippen LogP contribution in [-0.2, 0) is 0 Å². The van der Waals surface area contributed by atoms with Gasteiger partial charge in [-0.3, -0.25) is 4.79 Å². The van der Waals surface area contributed by atoms with Gasteiger partial charge in [0.05, 0.1) is 5.69 Å². The van der Waals surface area contributed by atoms with Crippen molar-refractivity contribution in [2.45, 2.75) is 6.92 Å². The maximum Gasteiger partial charge on any atom is 0.251 e. The normalized spacial score (nSPS) is 9.67. The largest absolute Gasteiger partial charge is 0.506 e. The first-order valence-corrected chi connectivity index (χ1v) is 4.52. The number of nitrogens with two attached hydrogens (primary N) is 1. The van der Waals surface area contributed by atoms with Crippen molar-refractivity contribution < 1.29 is 9.90 Å². The van der Waals surface area contributed by atoms with Crippen molar-refractivity contribution in [2.24, 2.45) is 0 Å². The van der Waals surface area contributed by atoms with E-state index in [1.165, 1.54) is 12.1 Å². The molecule has 0 atom stereocenters. The molecule has 0 fully saturated rings. The lowest BCUT2D eigenvalue weighted by Crippen LogP contribution is -2.24. The van der Waals surface area contributed by atoms with Crippen LogP contribution < -0.4 is 11.1 Å². The van der Waals surface area contributed by atoms with Crippen molar-refractivity contribution in [3.05, 3.63) is 35.9 Å². The number of phenols is 1. The van der Waals surface area contributed by atoms with Gasteiger partial charge >= 0.3 is 0 Å². The third kappa shape index (κ3) is 3.02. The molecule has 0 radical (unpaired) electrons. The molecule has 0 aliphatic heterocycles. The number of carbonyl (C=O) groups excluding carboxylic acids is 1. The Morgan fingerprint density at radius 2 is 2.27 bits per heavy atom. The number of hydrogen-bond donors (Lipinski definition) is 3. The van der Waals surface area contributed by atoms with E-state index in [2.05, 4.69) is 11.9 Å². The molecule has 0 spiro atoms. The van der Waals surface area contributed by atoms with Crippen molar-refractivity contribution in [2.75, 3.05) is 12.3 Å². The minimum Gasteiger partial charge on any atom is -0.506 e. The van der Waals surface area contributed by atoms with E-state index in [4.69, 9.17) is 5.73 Å². The first-order chi connectivity index (χ1) is 7.00. The third-order valence-corrected chi connectivity index (χ3v) is 1.84. The van der Waals surface area contributed by atoms with E-state index < -0.39 is 0 Å². The number of carbonyl (C=O) groups is 1. The highest BCUT2D eigenvalue weighted by molar-refractivity contribution is 5.95. The zero-order valence-electron chi connectivity index (χ0n) is 8.58. The second kappa shape index (κ2) is 4.50. The number of anilines is 1. The fourth-order valence-electron chi connectivity index (χ4n) is 1.02. The summed E-state index contributed by atoms with van der Waals surface area (Å²) in [6.45, 7) is 5.91. The molecule has 0 bridgehead atoms. The molecule has 0 aliphatic rings. The monoisotopic (exact) mass is 206 g/mol. The first kappa shape index (κ1) is 11.1. The van der Waals surface area contributed by atoms with Gasteiger partial charge in [0.25, 0.3) is 5.91 Å². The molecule has 0 unspecified atom stereocenters. The van der Waals surface area contributed by atoms with E-state index in [1.54, 1.807) is 6.07 Å². The van der Waals surface area contributed by atoms with Crippen LogP contribution in [0.25, 0.3) is 0 Å². The maximum absolute atomic E-state index is 11.5. The van der Waals surface area contributed by atoms with Gasteiger partial charge in [0.2, 0.25) is 0 Å². The van der Waals surface area contributed by atoms with Gasteiger partial charge in [-0.05, 0) is 25.1 Å². The Kier molecular flexibility index (Phi) is 3.33. The molecule has 0 saturated carbocycles. The highest BCUT2D eigenvalue weighted by Gasteiger charge is 2.06. The Labute approximate surface area is 88.4 Å². The zero-order chi connectivity index (χ0) is 11.4. The zero-order valence-corrected chi connectivity index (χ0v) is 8.58. The van der Waals surface area contributed by atoms with Gasteiger partial charge in [0, 0.05) is 12.1 Å². The number of phenolic OH excluding ortho intramolecular Hbond substituents is 1. The molecule has 1 rings (SSSR count). The second-order valence-corrected chi connectivity index (χ2v) is 3.41. The second-order valence-electron chi connectivity index (χ2n) is 3.41. The number of rotatable bonds is 3. The molecule has 80 valence electrons. The minimum absolute atomic E-state index is 0.0852. The highest BCUT2D eigenvalue weighted by Crippen LogP contribution is 2.20. The topological polar surface area (TPSA) is 75.4 Å². The smallest absolute Gasteiger partial charge is 0.251 e. The maximum atomic E-state index is 11.5. The Bertz CT molecular complexity index is 400. The molecule has 0 heterocycles. The quantitative estimate of drug-likeness (QED) is 0.396. The predicted molar refractivity (Wildman–Crippen MR) is 59.7 cm³/mol. The molecule has 0 aliphatic carbocycles. The van der Waals surface area contributed by atoms with Crippen LogP contribution in [0.15, 0.2) is 30.4 Å². The van der Waals surface area contributed by atoms with Crippen molar-refractivity contribution in [3.8, 4) is 5.75 Å². The average molecular weight is 206 g/mol. The summed E-state index contributed by atoms with van der Waals surface area (Å²) in [6, 6.07) is 4.39. The molecule has 1 amide bonds. The Balaban J connectivity index is 2.74. The van der Waals surface area contributed by atoms with Gasteiger partial charge in [-0.25, -0.2) is 0 Å². The Hall–Kier alpha value is -1.97. The van der Waals surface area contributed by atoms with Crippen molar-refractivity contribution in [1.29, 1.82) is 0 Å². The lowest BCUT2D eigenvalue weighted by atomic mass is 10.1. The summed E-state index contributed by atoms with van der Waals surface area (Å²) in [4.78, 5) is 11.5. The van der Waals surface area contributed by atoms with Gasteiger partial charge in [-0.15, -0.1) is 0 Å². The van der Waals surface area contributed by atoms with Gasteiger partial charge in [-0.1, -0.05) is 12.2 Å². The van der Waals surface area contributed by atoms with E-state index in [0.717, 1.165) is 5.57 Å². The average Bonchev–Trinajstić information content (AvgIpc) is 2.18. The van der Waals surface area contributed by atoms with Crippen molar-refractivity contribution >= 4 is 11.6 Å². The Morgan fingerprint density at radius 3 is 2.80 bits per heavy atom.